The summed E-state index contributed by atoms with van der Waals surface area (Å²) in [6.07, 6.45) is 2.08. The van der Waals surface area contributed by atoms with E-state index in [-0.39, 0.29) is 17.7 Å². The van der Waals surface area contributed by atoms with Crippen LogP contribution >= 0.6 is 0 Å². The number of hydrogen-bond acceptors (Lipinski definition) is 4. The van der Waals surface area contributed by atoms with Gasteiger partial charge in [0, 0.05) is 32.7 Å². The summed E-state index contributed by atoms with van der Waals surface area (Å²) < 4.78 is 4.89. The molecule has 6 nitrogen and oxygen atoms in total. The summed E-state index contributed by atoms with van der Waals surface area (Å²) in [5.41, 5.74) is 0.313. The minimum atomic E-state index is -0.165. The molecule has 2 amide bonds. The average molecular weight is 279 g/mol. The molecule has 1 aromatic heterocycles. The fourth-order valence-corrected chi connectivity index (χ4v) is 2.25. The van der Waals surface area contributed by atoms with Crippen LogP contribution in [0.5, 0.6) is 0 Å². The van der Waals surface area contributed by atoms with Crippen LogP contribution < -0.4 is 0 Å². The molecule has 110 valence electrons. The summed E-state index contributed by atoms with van der Waals surface area (Å²) in [6.45, 7) is 5.57. The number of rotatable bonds is 5. The highest BCUT2D eigenvalue weighted by Crippen LogP contribution is 2.20. The van der Waals surface area contributed by atoms with Crippen molar-refractivity contribution in [3.05, 3.63) is 17.5 Å². The van der Waals surface area contributed by atoms with Crippen molar-refractivity contribution in [1.29, 1.82) is 0 Å². The topological polar surface area (TPSA) is 66.7 Å². The number of unbranched alkanes of at least 4 members (excludes halogenated alkanes) is 1. The molecule has 0 unspecified atom stereocenters. The molecule has 2 rings (SSSR count). The van der Waals surface area contributed by atoms with Crippen molar-refractivity contribution in [1.82, 2.24) is 15.0 Å². The molecule has 0 aromatic carbocycles. The summed E-state index contributed by atoms with van der Waals surface area (Å²) in [5.74, 6) is 0.496. The third kappa shape index (κ3) is 3.00. The zero-order valence-electron chi connectivity index (χ0n) is 12.3. The zero-order valence-corrected chi connectivity index (χ0v) is 12.3. The van der Waals surface area contributed by atoms with Gasteiger partial charge in [-0.25, -0.2) is 0 Å². The van der Waals surface area contributed by atoms with E-state index < -0.39 is 0 Å². The van der Waals surface area contributed by atoms with E-state index in [2.05, 4.69) is 12.1 Å². The van der Waals surface area contributed by atoms with E-state index in [0.29, 0.717) is 24.5 Å². The van der Waals surface area contributed by atoms with Crippen molar-refractivity contribution in [3.63, 3.8) is 0 Å². The highest BCUT2D eigenvalue weighted by Gasteiger charge is 2.38. The van der Waals surface area contributed by atoms with Crippen molar-refractivity contribution in [3.8, 4) is 0 Å². The maximum Gasteiger partial charge on any atom is 0.276 e. The Morgan fingerprint density at radius 1 is 1.50 bits per heavy atom. The lowest BCUT2D eigenvalue weighted by Gasteiger charge is -2.39. The number of aromatic nitrogens is 1. The lowest BCUT2D eigenvalue weighted by Crippen LogP contribution is -2.56. The van der Waals surface area contributed by atoms with E-state index in [9.17, 15) is 9.59 Å². The molecular weight excluding hydrogens is 258 g/mol. The SMILES string of the molecule is CCCCN(C)C(=O)C1CN(C(=O)c2cc(C)on2)C1. The number of nitrogens with zero attached hydrogens (tertiary/aromatic N) is 3. The second-order valence-corrected chi connectivity index (χ2v) is 5.34. The van der Waals surface area contributed by atoms with Gasteiger partial charge in [-0.3, -0.25) is 9.59 Å². The molecule has 20 heavy (non-hydrogen) atoms. The van der Waals surface area contributed by atoms with E-state index in [1.165, 1.54) is 0 Å². The second-order valence-electron chi connectivity index (χ2n) is 5.34. The number of aryl methyl sites for hydroxylation is 1. The minimum absolute atomic E-state index is 0.0752. The molecule has 0 spiro atoms. The Morgan fingerprint density at radius 3 is 2.75 bits per heavy atom. The van der Waals surface area contributed by atoms with Crippen LogP contribution in [-0.2, 0) is 4.79 Å². The number of hydrogen-bond donors (Lipinski definition) is 0. The molecular formula is C14H21N3O3. The van der Waals surface area contributed by atoms with Crippen molar-refractivity contribution < 1.29 is 14.1 Å². The van der Waals surface area contributed by atoms with Crippen molar-refractivity contribution >= 4 is 11.8 Å². The van der Waals surface area contributed by atoms with Crippen LogP contribution in [0.1, 0.15) is 36.0 Å². The first-order valence-electron chi connectivity index (χ1n) is 7.00. The third-order valence-electron chi connectivity index (χ3n) is 3.59. The smallest absolute Gasteiger partial charge is 0.276 e. The normalized spacial score (nSPS) is 15.1. The molecule has 0 radical (unpaired) electrons. The highest BCUT2D eigenvalue weighted by atomic mass is 16.5. The minimum Gasteiger partial charge on any atom is -0.361 e. The Morgan fingerprint density at radius 2 is 2.20 bits per heavy atom. The van der Waals surface area contributed by atoms with Gasteiger partial charge in [-0.05, 0) is 13.3 Å². The van der Waals surface area contributed by atoms with Crippen molar-refractivity contribution in [2.24, 2.45) is 5.92 Å². The van der Waals surface area contributed by atoms with Gasteiger partial charge in [-0.15, -0.1) is 0 Å². The fraction of sp³-hybridized carbons (Fsp3) is 0.643. The van der Waals surface area contributed by atoms with Gasteiger partial charge in [0.2, 0.25) is 5.91 Å². The molecule has 1 aliphatic heterocycles. The highest BCUT2D eigenvalue weighted by molar-refractivity contribution is 5.94. The first-order chi connectivity index (χ1) is 9.52. The standard InChI is InChI=1S/C14H21N3O3/c1-4-5-6-16(3)13(18)11-8-17(9-11)14(19)12-7-10(2)20-15-12/h7,11H,4-6,8-9H2,1-3H3. The Labute approximate surface area is 118 Å². The largest absolute Gasteiger partial charge is 0.361 e. The monoisotopic (exact) mass is 279 g/mol. The van der Waals surface area contributed by atoms with Crippen molar-refractivity contribution in [2.75, 3.05) is 26.7 Å². The summed E-state index contributed by atoms with van der Waals surface area (Å²) in [5, 5.41) is 3.70. The third-order valence-corrected chi connectivity index (χ3v) is 3.59. The Bertz CT molecular complexity index is 492. The quantitative estimate of drug-likeness (QED) is 0.815. The molecule has 0 N–H and O–H groups in total. The Hall–Kier alpha value is -1.85. The zero-order chi connectivity index (χ0) is 14.7. The van der Waals surface area contributed by atoms with Crippen LogP contribution in [0.15, 0.2) is 10.6 Å². The number of amides is 2. The lowest BCUT2D eigenvalue weighted by molar-refractivity contribution is -0.138. The van der Waals surface area contributed by atoms with Gasteiger partial charge in [0.25, 0.3) is 5.91 Å². The Balaban J connectivity index is 1.82. The van der Waals surface area contributed by atoms with Crippen LogP contribution in [0.3, 0.4) is 0 Å². The average Bonchev–Trinajstić information content (AvgIpc) is 2.80. The van der Waals surface area contributed by atoms with Gasteiger partial charge < -0.3 is 14.3 Å². The second kappa shape index (κ2) is 6.07. The van der Waals surface area contributed by atoms with Gasteiger partial charge in [0.1, 0.15) is 5.76 Å². The van der Waals surface area contributed by atoms with Gasteiger partial charge in [0.05, 0.1) is 5.92 Å². The fourth-order valence-electron chi connectivity index (χ4n) is 2.25. The van der Waals surface area contributed by atoms with Gasteiger partial charge in [-0.2, -0.15) is 0 Å². The Kier molecular flexibility index (Phi) is 4.42. The summed E-state index contributed by atoms with van der Waals surface area (Å²) in [6, 6.07) is 1.62. The summed E-state index contributed by atoms with van der Waals surface area (Å²) >= 11 is 0. The van der Waals surface area contributed by atoms with Gasteiger partial charge in [-0.1, -0.05) is 18.5 Å². The predicted molar refractivity (Wildman–Crippen MR) is 73.2 cm³/mol. The molecule has 1 fully saturated rings. The molecule has 0 atom stereocenters. The van der Waals surface area contributed by atoms with Crippen LogP contribution in [0, 0.1) is 12.8 Å². The van der Waals surface area contributed by atoms with Crippen LogP contribution in [0.4, 0.5) is 0 Å². The van der Waals surface area contributed by atoms with Crippen molar-refractivity contribution in [2.45, 2.75) is 26.7 Å². The number of carbonyl (C=O) groups is 2. The van der Waals surface area contributed by atoms with E-state index in [0.717, 1.165) is 19.4 Å². The first kappa shape index (κ1) is 14.6. The molecule has 1 saturated heterocycles. The molecule has 0 aliphatic carbocycles. The van der Waals surface area contributed by atoms with E-state index in [1.54, 1.807) is 22.8 Å². The van der Waals surface area contributed by atoms with E-state index in [1.807, 2.05) is 7.05 Å². The number of carbonyl (C=O) groups excluding carboxylic acids is 2. The predicted octanol–water partition coefficient (Wildman–Crippen LogP) is 1.31. The summed E-state index contributed by atoms with van der Waals surface area (Å²) in [7, 11) is 1.82. The molecule has 0 saturated carbocycles. The van der Waals surface area contributed by atoms with Crippen LogP contribution in [-0.4, -0.2) is 53.5 Å². The molecule has 6 heteroatoms. The summed E-state index contributed by atoms with van der Waals surface area (Å²) in [4.78, 5) is 27.5. The van der Waals surface area contributed by atoms with Crippen LogP contribution in [0.2, 0.25) is 0 Å². The van der Waals surface area contributed by atoms with E-state index in [4.69, 9.17) is 4.52 Å². The lowest BCUT2D eigenvalue weighted by atomic mass is 9.98. The maximum atomic E-state index is 12.1. The molecule has 1 aromatic rings. The van der Waals surface area contributed by atoms with E-state index >= 15 is 0 Å². The van der Waals surface area contributed by atoms with Gasteiger partial charge in [0.15, 0.2) is 5.69 Å². The first-order valence-corrected chi connectivity index (χ1v) is 7.00. The number of likely N-dealkylation sites (tertiary alicyclic amines) is 1. The molecule has 1 aliphatic rings. The maximum absolute atomic E-state index is 12.1. The van der Waals surface area contributed by atoms with Crippen LogP contribution in [0.25, 0.3) is 0 Å². The van der Waals surface area contributed by atoms with Gasteiger partial charge >= 0.3 is 0 Å². The molecule has 0 bridgehead atoms. The molecule has 2 heterocycles.